The Labute approximate surface area is 110 Å². The van der Waals surface area contributed by atoms with Gasteiger partial charge in [-0.1, -0.05) is 0 Å². The van der Waals surface area contributed by atoms with Crippen LogP contribution in [0.5, 0.6) is 0 Å². The zero-order chi connectivity index (χ0) is 14.4. The number of hydrogen-bond donors (Lipinski definition) is 7. The number of aromatic amines is 3. The molecule has 2 aromatic heterocycles. The number of hydrogen-bond acceptors (Lipinski definition) is 7. The van der Waals surface area contributed by atoms with E-state index in [-0.39, 0.29) is 23.3 Å². The number of fused-ring (bicyclic) bond motifs is 1. The summed E-state index contributed by atoms with van der Waals surface area (Å²) in [5, 5.41) is 38.0. The van der Waals surface area contributed by atoms with Gasteiger partial charge in [0.05, 0.1) is 36.0 Å². The van der Waals surface area contributed by atoms with Crippen LogP contribution in [0.2, 0.25) is 0 Å². The predicted molar refractivity (Wildman–Crippen MR) is 66.1 cm³/mol. The first-order valence-corrected chi connectivity index (χ1v) is 5.96. The second kappa shape index (κ2) is 4.52. The molecule has 0 bridgehead atoms. The molecular weight excluding hydrogens is 270 g/mol. The quantitative estimate of drug-likeness (QED) is 0.302. The number of aliphatic hydroxyl groups is 3. The highest BCUT2D eigenvalue weighted by atomic mass is 16.3. The summed E-state index contributed by atoms with van der Waals surface area (Å²) in [4.78, 5) is 27.3. The minimum atomic E-state index is -1.21. The molecule has 0 aliphatic carbocycles. The monoisotopic (exact) mass is 283 g/mol. The van der Waals surface area contributed by atoms with E-state index in [2.05, 4.69) is 20.5 Å². The molecule has 2 aromatic rings. The van der Waals surface area contributed by atoms with Crippen LogP contribution in [0, 0.1) is 0 Å². The number of nitrogens with zero attached hydrogens (tertiary/aromatic N) is 1. The number of aromatic nitrogens is 4. The molecule has 10 nitrogen and oxygen atoms in total. The molecule has 0 amide bonds. The summed E-state index contributed by atoms with van der Waals surface area (Å²) in [6, 6.07) is -1.49. The molecule has 108 valence electrons. The molecule has 1 fully saturated rings. The fraction of sp³-hybridized carbons (Fsp3) is 0.500. The van der Waals surface area contributed by atoms with E-state index < -0.39 is 35.5 Å². The van der Waals surface area contributed by atoms with Gasteiger partial charge in [0.15, 0.2) is 5.52 Å². The molecule has 4 atom stereocenters. The lowest BCUT2D eigenvalue weighted by Gasteiger charge is -2.14. The van der Waals surface area contributed by atoms with Crippen molar-refractivity contribution in [1.82, 2.24) is 25.5 Å². The highest BCUT2D eigenvalue weighted by molar-refractivity contribution is 5.76. The van der Waals surface area contributed by atoms with Crippen LogP contribution in [0.3, 0.4) is 0 Å². The molecular formula is C10H13N5O5. The smallest absolute Gasteiger partial charge is 0.326 e. The summed E-state index contributed by atoms with van der Waals surface area (Å²) in [6.45, 7) is -0.363. The van der Waals surface area contributed by atoms with Crippen molar-refractivity contribution in [1.29, 1.82) is 0 Å². The highest BCUT2D eigenvalue weighted by Crippen LogP contribution is 2.28. The SMILES string of the molecule is O=c1[nH]c(=O)c2n[nH]c([C@@H]3N[C@H](CO)[C@H](O)[C@@H]3O)c2[nH]1. The molecule has 1 aliphatic rings. The standard InChI is InChI=1S/C10H13N5O5/c16-1-2-7(17)8(18)5(11-2)4-3-6(15-14-4)9(19)13-10(20)12-3/h2,5,7-8,11,16-18H,1H2,(H,14,15)(H2,12,13,19,20)/t2-,5+,7+,8-/m1/s1. The van der Waals surface area contributed by atoms with E-state index in [1.54, 1.807) is 0 Å². The van der Waals surface area contributed by atoms with Gasteiger partial charge >= 0.3 is 5.69 Å². The summed E-state index contributed by atoms with van der Waals surface area (Å²) in [6.07, 6.45) is -2.38. The van der Waals surface area contributed by atoms with E-state index in [1.807, 2.05) is 4.98 Å². The maximum Gasteiger partial charge on any atom is 0.326 e. The van der Waals surface area contributed by atoms with Crippen molar-refractivity contribution in [3.63, 3.8) is 0 Å². The molecule has 1 saturated heterocycles. The lowest BCUT2D eigenvalue weighted by molar-refractivity contribution is 0.0191. The van der Waals surface area contributed by atoms with Gasteiger partial charge in [0.1, 0.15) is 6.10 Å². The maximum atomic E-state index is 11.6. The molecule has 3 heterocycles. The first kappa shape index (κ1) is 13.0. The van der Waals surface area contributed by atoms with Gasteiger partial charge in [-0.25, -0.2) is 4.79 Å². The summed E-state index contributed by atoms with van der Waals surface area (Å²) >= 11 is 0. The van der Waals surface area contributed by atoms with E-state index in [0.717, 1.165) is 0 Å². The van der Waals surface area contributed by atoms with Crippen LogP contribution in [-0.2, 0) is 0 Å². The molecule has 3 rings (SSSR count). The van der Waals surface area contributed by atoms with Crippen LogP contribution in [-0.4, -0.2) is 60.3 Å². The Hall–Kier alpha value is -2.01. The van der Waals surface area contributed by atoms with E-state index >= 15 is 0 Å². The summed E-state index contributed by atoms with van der Waals surface area (Å²) in [5.74, 6) is 0. The topological polar surface area (TPSA) is 167 Å². The Morgan fingerprint density at radius 1 is 1.15 bits per heavy atom. The molecule has 0 radical (unpaired) electrons. The molecule has 0 spiro atoms. The third-order valence-corrected chi connectivity index (χ3v) is 3.48. The lowest BCUT2D eigenvalue weighted by atomic mass is 10.1. The minimum absolute atomic E-state index is 0.00413. The Morgan fingerprint density at radius 3 is 2.55 bits per heavy atom. The largest absolute Gasteiger partial charge is 0.395 e. The van der Waals surface area contributed by atoms with Crippen LogP contribution >= 0.6 is 0 Å². The molecule has 7 N–H and O–H groups in total. The average molecular weight is 283 g/mol. The minimum Gasteiger partial charge on any atom is -0.395 e. The van der Waals surface area contributed by atoms with Gasteiger partial charge in [0.25, 0.3) is 5.56 Å². The van der Waals surface area contributed by atoms with Crippen molar-refractivity contribution < 1.29 is 15.3 Å². The average Bonchev–Trinajstić information content (AvgIpc) is 2.93. The maximum absolute atomic E-state index is 11.6. The first-order chi connectivity index (χ1) is 9.52. The van der Waals surface area contributed by atoms with Crippen LogP contribution in [0.15, 0.2) is 9.59 Å². The summed E-state index contributed by atoms with van der Waals surface area (Å²) < 4.78 is 0. The number of H-pyrrole nitrogens is 3. The van der Waals surface area contributed by atoms with Gasteiger partial charge in [-0.05, 0) is 0 Å². The van der Waals surface area contributed by atoms with E-state index in [1.165, 1.54) is 0 Å². The second-order valence-electron chi connectivity index (χ2n) is 4.68. The fourth-order valence-electron chi connectivity index (χ4n) is 2.46. The first-order valence-electron chi connectivity index (χ1n) is 5.96. The Morgan fingerprint density at radius 2 is 1.90 bits per heavy atom. The van der Waals surface area contributed by atoms with Gasteiger partial charge < -0.3 is 20.3 Å². The molecule has 0 aromatic carbocycles. The Kier molecular flexibility index (Phi) is 2.94. The molecule has 0 unspecified atom stereocenters. The van der Waals surface area contributed by atoms with Crippen LogP contribution < -0.4 is 16.6 Å². The zero-order valence-corrected chi connectivity index (χ0v) is 10.1. The third kappa shape index (κ3) is 1.78. The molecule has 0 saturated carbocycles. The van der Waals surface area contributed by atoms with Gasteiger partial charge in [-0.15, -0.1) is 0 Å². The van der Waals surface area contributed by atoms with Crippen LogP contribution in [0.25, 0.3) is 11.0 Å². The molecule has 10 heteroatoms. The Bertz CT molecular complexity index is 748. The molecule has 20 heavy (non-hydrogen) atoms. The van der Waals surface area contributed by atoms with Gasteiger partial charge in [0.2, 0.25) is 0 Å². The van der Waals surface area contributed by atoms with Crippen molar-refractivity contribution in [3.8, 4) is 0 Å². The summed E-state index contributed by atoms with van der Waals surface area (Å²) in [7, 11) is 0. The second-order valence-corrected chi connectivity index (χ2v) is 4.68. The van der Waals surface area contributed by atoms with E-state index in [0.29, 0.717) is 0 Å². The zero-order valence-electron chi connectivity index (χ0n) is 10.1. The number of aliphatic hydroxyl groups excluding tert-OH is 3. The number of rotatable bonds is 2. The third-order valence-electron chi connectivity index (χ3n) is 3.48. The highest BCUT2D eigenvalue weighted by Gasteiger charge is 2.43. The van der Waals surface area contributed by atoms with Crippen molar-refractivity contribution in [2.24, 2.45) is 0 Å². The van der Waals surface area contributed by atoms with Crippen molar-refractivity contribution in [3.05, 3.63) is 26.5 Å². The number of nitrogens with one attached hydrogen (secondary N) is 4. The van der Waals surface area contributed by atoms with E-state index in [9.17, 15) is 19.8 Å². The van der Waals surface area contributed by atoms with E-state index in [4.69, 9.17) is 5.11 Å². The Balaban J connectivity index is 2.12. The van der Waals surface area contributed by atoms with Gasteiger partial charge in [-0.3, -0.25) is 20.2 Å². The summed E-state index contributed by atoms with van der Waals surface area (Å²) in [5.41, 5.74) is -0.933. The van der Waals surface area contributed by atoms with Crippen LogP contribution in [0.1, 0.15) is 11.7 Å². The lowest BCUT2D eigenvalue weighted by Crippen LogP contribution is -2.35. The normalized spacial score (nSPS) is 30.1. The fourth-order valence-corrected chi connectivity index (χ4v) is 2.46. The van der Waals surface area contributed by atoms with Gasteiger partial charge in [-0.2, -0.15) is 5.10 Å². The van der Waals surface area contributed by atoms with Crippen molar-refractivity contribution in [2.75, 3.05) is 6.61 Å². The van der Waals surface area contributed by atoms with Gasteiger partial charge in [0, 0.05) is 0 Å². The van der Waals surface area contributed by atoms with Crippen LogP contribution in [0.4, 0.5) is 0 Å². The predicted octanol–water partition coefficient (Wildman–Crippen LogP) is -3.33. The van der Waals surface area contributed by atoms with Crippen molar-refractivity contribution in [2.45, 2.75) is 24.3 Å². The van der Waals surface area contributed by atoms with Crippen molar-refractivity contribution >= 4 is 11.0 Å². The molecule has 1 aliphatic heterocycles.